The van der Waals surface area contributed by atoms with E-state index in [9.17, 15) is 8.42 Å². The minimum absolute atomic E-state index is 0.0786. The van der Waals surface area contributed by atoms with E-state index in [0.717, 1.165) is 12.8 Å². The molecule has 0 aliphatic heterocycles. The number of aromatic nitrogens is 1. The Kier molecular flexibility index (Phi) is 17.2. The van der Waals surface area contributed by atoms with Gasteiger partial charge in [-0.3, -0.25) is 9.54 Å². The molecule has 0 aromatic carbocycles. The molecule has 4 nitrogen and oxygen atoms in total. The number of nitrogens with zero attached hydrogens (tertiary/aromatic N) is 1. The topological polar surface area (TPSA) is 67.3 Å². The van der Waals surface area contributed by atoms with Crippen LogP contribution in [0.4, 0.5) is 0 Å². The average Bonchev–Trinajstić information content (AvgIpc) is 2.60. The number of rotatable bonds is 14. The van der Waals surface area contributed by atoms with E-state index < -0.39 is 10.1 Å². The Morgan fingerprint density at radius 2 is 1.08 bits per heavy atom. The summed E-state index contributed by atoms with van der Waals surface area (Å²) in [6.07, 6.45) is 19.4. The van der Waals surface area contributed by atoms with Crippen molar-refractivity contribution in [3.8, 4) is 0 Å². The normalized spacial score (nSPS) is 11.0. The van der Waals surface area contributed by atoms with Crippen molar-refractivity contribution in [2.75, 3.05) is 5.75 Å². The summed E-state index contributed by atoms with van der Waals surface area (Å²) in [6, 6.07) is 5.72. The van der Waals surface area contributed by atoms with Gasteiger partial charge in [0.05, 0.1) is 5.75 Å². The predicted molar refractivity (Wildman–Crippen MR) is 106 cm³/mol. The molecule has 0 spiro atoms. The van der Waals surface area contributed by atoms with Gasteiger partial charge >= 0.3 is 0 Å². The third-order valence-electron chi connectivity index (χ3n) is 4.07. The van der Waals surface area contributed by atoms with Crippen molar-refractivity contribution in [2.24, 2.45) is 0 Å². The van der Waals surface area contributed by atoms with E-state index in [1.54, 1.807) is 12.4 Å². The van der Waals surface area contributed by atoms with Gasteiger partial charge in [-0.25, -0.2) is 0 Å². The highest BCUT2D eigenvalue weighted by atomic mass is 32.2. The molecule has 146 valence electrons. The highest BCUT2D eigenvalue weighted by molar-refractivity contribution is 7.85. The lowest BCUT2D eigenvalue weighted by atomic mass is 10.1. The fraction of sp³-hybridized carbons (Fsp3) is 0.750. The summed E-state index contributed by atoms with van der Waals surface area (Å²) in [5.74, 6) is -0.0786. The maximum atomic E-state index is 10.5. The molecule has 0 fully saturated rings. The van der Waals surface area contributed by atoms with Gasteiger partial charge in [0.25, 0.3) is 10.1 Å². The smallest absolute Gasteiger partial charge is 0.264 e. The van der Waals surface area contributed by atoms with Gasteiger partial charge in [0, 0.05) is 12.4 Å². The zero-order valence-corrected chi connectivity index (χ0v) is 16.7. The van der Waals surface area contributed by atoms with Crippen molar-refractivity contribution >= 4 is 10.1 Å². The summed E-state index contributed by atoms with van der Waals surface area (Å²) in [4.78, 5) is 3.78. The molecule has 5 heteroatoms. The SMILES string of the molecule is CCCCCCCCCCCCCCCS(=O)(=O)O.c1ccncc1. The van der Waals surface area contributed by atoms with Gasteiger partial charge in [0.2, 0.25) is 0 Å². The fourth-order valence-corrected chi connectivity index (χ4v) is 3.18. The van der Waals surface area contributed by atoms with Crippen molar-refractivity contribution in [1.82, 2.24) is 4.98 Å². The highest BCUT2D eigenvalue weighted by Gasteiger charge is 2.02. The van der Waals surface area contributed by atoms with Crippen LogP contribution in [0, 0.1) is 0 Å². The Hall–Kier alpha value is -0.940. The van der Waals surface area contributed by atoms with Crippen LogP contribution in [0.3, 0.4) is 0 Å². The minimum atomic E-state index is -3.74. The first-order valence-corrected chi connectivity index (χ1v) is 11.5. The van der Waals surface area contributed by atoms with Crippen LogP contribution in [0.15, 0.2) is 30.6 Å². The second-order valence-corrected chi connectivity index (χ2v) is 8.13. The molecule has 1 N–H and O–H groups in total. The zero-order valence-electron chi connectivity index (χ0n) is 15.9. The van der Waals surface area contributed by atoms with Gasteiger partial charge in [-0.15, -0.1) is 0 Å². The van der Waals surface area contributed by atoms with Crippen molar-refractivity contribution in [2.45, 2.75) is 90.4 Å². The molecular weight excluding hydrogens is 334 g/mol. The van der Waals surface area contributed by atoms with Crippen LogP contribution in [-0.2, 0) is 10.1 Å². The molecule has 0 saturated carbocycles. The molecule has 1 heterocycles. The molecule has 0 bridgehead atoms. The van der Waals surface area contributed by atoms with Crippen molar-refractivity contribution in [1.29, 1.82) is 0 Å². The quantitative estimate of drug-likeness (QED) is 0.319. The monoisotopic (exact) mass is 371 g/mol. The molecular formula is C20H37NO3S. The first-order valence-electron chi connectivity index (χ1n) is 9.86. The molecule has 25 heavy (non-hydrogen) atoms. The van der Waals surface area contributed by atoms with E-state index >= 15 is 0 Å². The van der Waals surface area contributed by atoms with E-state index in [1.807, 2.05) is 18.2 Å². The second-order valence-electron chi connectivity index (χ2n) is 6.55. The largest absolute Gasteiger partial charge is 0.286 e. The van der Waals surface area contributed by atoms with E-state index in [4.69, 9.17) is 4.55 Å². The summed E-state index contributed by atoms with van der Waals surface area (Å²) < 4.78 is 29.5. The van der Waals surface area contributed by atoms with Crippen LogP contribution in [0.2, 0.25) is 0 Å². The standard InChI is InChI=1S/C15H32O3S.C5H5N/c1-2-3-4-5-6-7-8-9-10-11-12-13-14-15-19(16,17)18;1-2-4-6-5-3-1/h2-15H2,1H3,(H,16,17,18);1-5H. The predicted octanol–water partition coefficient (Wildman–Crippen LogP) is 6.05. The molecule has 0 unspecified atom stereocenters. The minimum Gasteiger partial charge on any atom is -0.286 e. The van der Waals surface area contributed by atoms with Gasteiger partial charge in [0.1, 0.15) is 0 Å². The van der Waals surface area contributed by atoms with Gasteiger partial charge in [0.15, 0.2) is 0 Å². The summed E-state index contributed by atoms with van der Waals surface area (Å²) in [7, 11) is -3.74. The number of unbranched alkanes of at least 4 members (excludes halogenated alkanes) is 12. The van der Waals surface area contributed by atoms with Gasteiger partial charge in [-0.2, -0.15) is 8.42 Å². The van der Waals surface area contributed by atoms with Crippen LogP contribution < -0.4 is 0 Å². The Morgan fingerprint density at radius 1 is 0.680 bits per heavy atom. The van der Waals surface area contributed by atoms with Gasteiger partial charge in [-0.1, -0.05) is 90.0 Å². The first kappa shape index (κ1) is 24.1. The molecule has 1 rings (SSSR count). The maximum absolute atomic E-state index is 10.5. The first-order chi connectivity index (χ1) is 12.1. The molecule has 0 atom stereocenters. The number of pyridine rings is 1. The third kappa shape index (κ3) is 23.1. The molecule has 0 aliphatic carbocycles. The molecule has 0 saturated heterocycles. The summed E-state index contributed by atoms with van der Waals surface area (Å²) >= 11 is 0. The fourth-order valence-electron chi connectivity index (χ4n) is 2.61. The van der Waals surface area contributed by atoms with E-state index in [0.29, 0.717) is 6.42 Å². The van der Waals surface area contributed by atoms with Gasteiger partial charge < -0.3 is 0 Å². The molecule has 0 amide bonds. The Labute approximate surface area is 155 Å². The Morgan fingerprint density at radius 3 is 1.36 bits per heavy atom. The summed E-state index contributed by atoms with van der Waals surface area (Å²) in [5.41, 5.74) is 0. The van der Waals surface area contributed by atoms with Crippen LogP contribution in [-0.4, -0.2) is 23.7 Å². The lowest BCUT2D eigenvalue weighted by Crippen LogP contribution is -2.03. The average molecular weight is 372 g/mol. The van der Waals surface area contributed by atoms with Crippen LogP contribution >= 0.6 is 0 Å². The Bertz CT molecular complexity index is 436. The van der Waals surface area contributed by atoms with Crippen LogP contribution in [0.5, 0.6) is 0 Å². The highest BCUT2D eigenvalue weighted by Crippen LogP contribution is 2.12. The van der Waals surface area contributed by atoms with E-state index in [-0.39, 0.29) is 5.75 Å². The van der Waals surface area contributed by atoms with Gasteiger partial charge in [-0.05, 0) is 18.6 Å². The second kappa shape index (κ2) is 17.9. The zero-order chi connectivity index (χ0) is 18.6. The number of hydrogen-bond acceptors (Lipinski definition) is 3. The lowest BCUT2D eigenvalue weighted by molar-refractivity contribution is 0.478. The molecule has 1 aromatic heterocycles. The maximum Gasteiger partial charge on any atom is 0.264 e. The third-order valence-corrected chi connectivity index (χ3v) is 4.88. The summed E-state index contributed by atoms with van der Waals surface area (Å²) in [6.45, 7) is 2.25. The lowest BCUT2D eigenvalue weighted by Gasteiger charge is -2.02. The molecule has 0 radical (unpaired) electrons. The van der Waals surface area contributed by atoms with E-state index in [2.05, 4.69) is 11.9 Å². The van der Waals surface area contributed by atoms with Crippen molar-refractivity contribution in [3.63, 3.8) is 0 Å². The van der Waals surface area contributed by atoms with Crippen LogP contribution in [0.1, 0.15) is 90.4 Å². The van der Waals surface area contributed by atoms with E-state index in [1.165, 1.54) is 64.2 Å². The molecule has 0 aliphatic rings. The molecule has 1 aromatic rings. The van der Waals surface area contributed by atoms with Crippen molar-refractivity contribution in [3.05, 3.63) is 30.6 Å². The summed E-state index contributed by atoms with van der Waals surface area (Å²) in [5, 5.41) is 0. The van der Waals surface area contributed by atoms with Crippen molar-refractivity contribution < 1.29 is 13.0 Å². The van der Waals surface area contributed by atoms with Crippen LogP contribution in [0.25, 0.3) is 0 Å². The number of hydrogen-bond donors (Lipinski definition) is 1. The Balaban J connectivity index is 0.000000796.